The number of carbonyl (C=O) groups excluding carboxylic acids is 1. The Kier molecular flexibility index (Phi) is 8.74. The number of ether oxygens (including phenoxy) is 6. The first-order chi connectivity index (χ1) is 25.5. The Hall–Kier alpha value is -0.850. The van der Waals surface area contributed by atoms with Crippen molar-refractivity contribution in [2.75, 3.05) is 6.61 Å². The molecule has 5 aliphatic carbocycles. The quantitative estimate of drug-likeness (QED) is 0.200. The highest BCUT2D eigenvalue weighted by atomic mass is 16.8. The van der Waals surface area contributed by atoms with Crippen LogP contribution in [0.25, 0.3) is 0 Å². The lowest BCUT2D eigenvalue weighted by Crippen LogP contribution is -2.64. The standard InChI is InChI=1S/C41H64O14/c1-17-24-21(54-41(49)31(17)55-36(5,6)34(41)48)14-38(8)22-13-19(42)30-35(3,4)23(9-10-40(30)16-39(22,40)12-11-37(24,38)7)52-33-29(26(45)20(43)15-50-33)53-32-28(47)27(46)25(44)18(2)51-32/h17-18,20-34,43-49H,9-16H2,1-8H3/t17-,18-,20+,21-,22-,23-,24-,25-,26-,27+,28+,29+,30-,31+,32-,33-,34?,37+,38-,39-,40+,41-/m0/s1. The highest BCUT2D eigenvalue weighted by molar-refractivity contribution is 5.86. The van der Waals surface area contributed by atoms with Gasteiger partial charge in [0.1, 0.15) is 54.6 Å². The Morgan fingerprint density at radius 3 is 2.20 bits per heavy atom. The lowest BCUT2D eigenvalue weighted by Gasteiger charge is -2.63. The molecule has 9 aliphatic rings. The number of fused-ring (bicyclic) bond motifs is 5. The van der Waals surface area contributed by atoms with E-state index >= 15 is 0 Å². The van der Waals surface area contributed by atoms with E-state index in [2.05, 4.69) is 34.6 Å². The van der Waals surface area contributed by atoms with Crippen LogP contribution in [0.5, 0.6) is 0 Å². The summed E-state index contributed by atoms with van der Waals surface area (Å²) in [5, 5.41) is 76.0. The van der Waals surface area contributed by atoms with Gasteiger partial charge in [-0.05, 0) is 98.7 Å². The molecule has 2 spiro atoms. The summed E-state index contributed by atoms with van der Waals surface area (Å²) in [7, 11) is 0. The first kappa shape index (κ1) is 39.6. The molecule has 7 N–H and O–H groups in total. The molecule has 0 bridgehead atoms. The van der Waals surface area contributed by atoms with Crippen molar-refractivity contribution in [3.63, 3.8) is 0 Å². The van der Waals surface area contributed by atoms with Crippen molar-refractivity contribution in [3.8, 4) is 0 Å². The molecule has 5 saturated carbocycles. The van der Waals surface area contributed by atoms with Crippen molar-refractivity contribution >= 4 is 5.78 Å². The molecule has 4 aliphatic heterocycles. The second-order valence-corrected chi connectivity index (χ2v) is 21.0. The molecular formula is C41H64O14. The van der Waals surface area contributed by atoms with Crippen molar-refractivity contribution in [3.05, 3.63) is 0 Å². The van der Waals surface area contributed by atoms with Crippen LogP contribution in [0.15, 0.2) is 0 Å². The van der Waals surface area contributed by atoms with Gasteiger partial charge in [0.05, 0.1) is 30.5 Å². The second-order valence-electron chi connectivity index (χ2n) is 21.0. The van der Waals surface area contributed by atoms with E-state index in [4.69, 9.17) is 28.4 Å². The summed E-state index contributed by atoms with van der Waals surface area (Å²) < 4.78 is 37.2. The van der Waals surface area contributed by atoms with Gasteiger partial charge in [0.15, 0.2) is 12.6 Å². The highest BCUT2D eigenvalue weighted by Gasteiger charge is 2.85. The minimum atomic E-state index is -1.79. The normalized spacial score (nSPS) is 61.5. The summed E-state index contributed by atoms with van der Waals surface area (Å²) in [5.74, 6) is -1.65. The summed E-state index contributed by atoms with van der Waals surface area (Å²) in [6.45, 7) is 16.0. The van der Waals surface area contributed by atoms with Crippen molar-refractivity contribution in [1.82, 2.24) is 0 Å². The van der Waals surface area contributed by atoms with Crippen LogP contribution in [0, 0.1) is 50.7 Å². The number of carbonyl (C=O) groups is 1. The maximum Gasteiger partial charge on any atom is 0.222 e. The van der Waals surface area contributed by atoms with Gasteiger partial charge in [0.2, 0.25) is 5.79 Å². The van der Waals surface area contributed by atoms with E-state index < -0.39 is 90.4 Å². The van der Waals surface area contributed by atoms with E-state index in [9.17, 15) is 40.5 Å². The minimum absolute atomic E-state index is 0.0204. The maximum atomic E-state index is 14.9. The second kappa shape index (κ2) is 12.1. The van der Waals surface area contributed by atoms with Gasteiger partial charge in [0.25, 0.3) is 0 Å². The monoisotopic (exact) mass is 780 g/mol. The van der Waals surface area contributed by atoms with Crippen LogP contribution in [-0.2, 0) is 33.2 Å². The Morgan fingerprint density at radius 2 is 1.49 bits per heavy atom. The van der Waals surface area contributed by atoms with Gasteiger partial charge in [-0.3, -0.25) is 4.79 Å². The number of rotatable bonds is 4. The zero-order chi connectivity index (χ0) is 39.8. The van der Waals surface area contributed by atoms with Gasteiger partial charge < -0.3 is 64.2 Å². The van der Waals surface area contributed by atoms with Gasteiger partial charge in [-0.15, -0.1) is 0 Å². The third-order valence-electron chi connectivity index (χ3n) is 17.9. The molecule has 9 fully saturated rings. The molecule has 1 unspecified atom stereocenters. The van der Waals surface area contributed by atoms with Crippen molar-refractivity contribution in [1.29, 1.82) is 0 Å². The van der Waals surface area contributed by atoms with Crippen molar-refractivity contribution < 1.29 is 69.0 Å². The molecule has 4 heterocycles. The Morgan fingerprint density at radius 1 is 0.782 bits per heavy atom. The molecular weight excluding hydrogens is 716 g/mol. The molecule has 0 aromatic carbocycles. The molecule has 0 radical (unpaired) electrons. The van der Waals surface area contributed by atoms with Crippen molar-refractivity contribution in [2.24, 2.45) is 50.7 Å². The highest BCUT2D eigenvalue weighted by Crippen LogP contribution is 2.89. The number of Topliss-reactive ketones (excluding diaryl/α,β-unsaturated/α-hetero) is 1. The first-order valence-electron chi connectivity index (χ1n) is 20.8. The van der Waals surface area contributed by atoms with Crippen LogP contribution in [0.2, 0.25) is 0 Å². The smallest absolute Gasteiger partial charge is 0.222 e. The van der Waals surface area contributed by atoms with E-state index in [0.717, 1.165) is 25.7 Å². The minimum Gasteiger partial charge on any atom is -0.388 e. The number of ketones is 1. The number of aliphatic hydroxyl groups excluding tert-OH is 6. The molecule has 0 aromatic rings. The lowest BCUT2D eigenvalue weighted by atomic mass is 9.41. The fourth-order valence-electron chi connectivity index (χ4n) is 15.1. The summed E-state index contributed by atoms with van der Waals surface area (Å²) in [6.07, 6.45) is -9.11. The predicted octanol–water partition coefficient (Wildman–Crippen LogP) is 1.15. The van der Waals surface area contributed by atoms with Gasteiger partial charge in [-0.25, -0.2) is 0 Å². The Bertz CT molecular complexity index is 1570. The maximum absolute atomic E-state index is 14.9. The molecule has 312 valence electrons. The SMILES string of the molecule is C[C@H]1[C@H]2[C@H](C[C@@]3(C)[C@@H]4CC(=O)[C@H]5C(C)(C)[C@@H](O[C@@H]6OC[C@@H](O)[C@H](O)[C@H]6O[C@@H]6O[C@@H](C)[C@H](O)[C@@H](O)[C@H]6O)CC[C@@]56C[C@@]46CC[C@]23C)O[C@]2(O)C(O)C(C)(C)O[C@H]12. The van der Waals surface area contributed by atoms with Gasteiger partial charge in [-0.1, -0.05) is 34.6 Å². The third-order valence-corrected chi connectivity index (χ3v) is 17.9. The van der Waals surface area contributed by atoms with Crippen molar-refractivity contribution in [2.45, 2.75) is 191 Å². The molecule has 4 saturated heterocycles. The van der Waals surface area contributed by atoms with E-state index in [1.54, 1.807) is 13.8 Å². The zero-order valence-electron chi connectivity index (χ0n) is 33.5. The topological polar surface area (TPSA) is 214 Å². The molecule has 0 aromatic heterocycles. The summed E-state index contributed by atoms with van der Waals surface area (Å²) in [4.78, 5) is 14.9. The Labute approximate surface area is 323 Å². The largest absolute Gasteiger partial charge is 0.388 e. The fraction of sp³-hybridized carbons (Fsp3) is 0.976. The summed E-state index contributed by atoms with van der Waals surface area (Å²) in [6, 6.07) is 0. The molecule has 55 heavy (non-hydrogen) atoms. The van der Waals surface area contributed by atoms with Crippen LogP contribution in [0.1, 0.15) is 100 Å². The van der Waals surface area contributed by atoms with E-state index in [1.165, 1.54) is 6.92 Å². The van der Waals surface area contributed by atoms with Crippen LogP contribution in [-0.4, -0.2) is 139 Å². The van der Waals surface area contributed by atoms with Crippen LogP contribution >= 0.6 is 0 Å². The average molecular weight is 781 g/mol. The summed E-state index contributed by atoms with van der Waals surface area (Å²) in [5.41, 5.74) is -2.18. The molecule has 22 atom stereocenters. The average Bonchev–Trinajstić information content (AvgIpc) is 3.63. The predicted molar refractivity (Wildman–Crippen MR) is 190 cm³/mol. The van der Waals surface area contributed by atoms with E-state index in [-0.39, 0.29) is 63.8 Å². The molecule has 0 amide bonds. The first-order valence-corrected chi connectivity index (χ1v) is 20.8. The number of hydrogen-bond donors (Lipinski definition) is 7. The van der Waals surface area contributed by atoms with Gasteiger partial charge in [-0.2, -0.15) is 0 Å². The van der Waals surface area contributed by atoms with Crippen LogP contribution < -0.4 is 0 Å². The fourth-order valence-corrected chi connectivity index (χ4v) is 15.1. The zero-order valence-corrected chi connectivity index (χ0v) is 33.5. The third kappa shape index (κ3) is 4.92. The van der Waals surface area contributed by atoms with Gasteiger partial charge >= 0.3 is 0 Å². The molecule has 9 rings (SSSR count). The molecule has 14 heteroatoms. The Balaban J connectivity index is 0.960. The summed E-state index contributed by atoms with van der Waals surface area (Å²) >= 11 is 0. The number of hydrogen-bond acceptors (Lipinski definition) is 14. The number of aliphatic hydroxyl groups is 7. The van der Waals surface area contributed by atoms with Crippen LogP contribution in [0.3, 0.4) is 0 Å². The van der Waals surface area contributed by atoms with Crippen LogP contribution in [0.4, 0.5) is 0 Å². The lowest BCUT2D eigenvalue weighted by molar-refractivity contribution is -0.362. The van der Waals surface area contributed by atoms with E-state index in [0.29, 0.717) is 19.3 Å². The molecule has 14 nitrogen and oxygen atoms in total. The van der Waals surface area contributed by atoms with Gasteiger partial charge in [0, 0.05) is 17.8 Å². The van der Waals surface area contributed by atoms with E-state index in [1.807, 2.05) is 0 Å².